The molecule has 17 heavy (non-hydrogen) atoms. The molecular formula is C12H16ClN3O. The maximum Gasteiger partial charge on any atom is 0.158 e. The van der Waals surface area contributed by atoms with Crippen molar-refractivity contribution in [3.8, 4) is 5.75 Å². The third-order valence-corrected chi connectivity index (χ3v) is 3.12. The molecule has 92 valence electrons. The van der Waals surface area contributed by atoms with Crippen molar-refractivity contribution < 1.29 is 4.74 Å². The number of nitrogens with zero attached hydrogens (tertiary/aromatic N) is 2. The van der Waals surface area contributed by atoms with Crippen LogP contribution >= 0.6 is 11.6 Å². The highest BCUT2D eigenvalue weighted by atomic mass is 35.5. The highest BCUT2D eigenvalue weighted by Gasteiger charge is 2.14. The largest absolute Gasteiger partial charge is 0.494 e. The average Bonchev–Trinajstić information content (AvgIpc) is 2.66. The molecule has 0 aliphatic rings. The van der Waals surface area contributed by atoms with Gasteiger partial charge in [0.2, 0.25) is 0 Å². The van der Waals surface area contributed by atoms with E-state index in [0.717, 1.165) is 23.5 Å². The van der Waals surface area contributed by atoms with E-state index in [0.29, 0.717) is 11.2 Å². The molecule has 0 bridgehead atoms. The molecule has 0 amide bonds. The molecule has 0 aliphatic heterocycles. The minimum absolute atomic E-state index is 0.350. The molecular weight excluding hydrogens is 238 g/mol. The molecule has 4 nitrogen and oxygen atoms in total. The SMILES string of the molecule is CNC(C)Cc1nc(Cl)c2c(OC)cccn12. The summed E-state index contributed by atoms with van der Waals surface area (Å²) in [6.45, 7) is 2.11. The van der Waals surface area contributed by atoms with Gasteiger partial charge >= 0.3 is 0 Å². The van der Waals surface area contributed by atoms with Gasteiger partial charge in [0.1, 0.15) is 17.1 Å². The van der Waals surface area contributed by atoms with Gasteiger partial charge in [-0.25, -0.2) is 4.98 Å². The molecule has 2 aromatic rings. The van der Waals surface area contributed by atoms with Crippen LogP contribution in [0.4, 0.5) is 0 Å². The Morgan fingerprint density at radius 2 is 2.35 bits per heavy atom. The number of aromatic nitrogens is 2. The van der Waals surface area contributed by atoms with Crippen molar-refractivity contribution in [1.82, 2.24) is 14.7 Å². The number of halogens is 1. The standard InChI is InChI=1S/C12H16ClN3O/c1-8(14-2)7-10-15-12(13)11-9(17-3)5-4-6-16(10)11/h4-6,8,14H,7H2,1-3H3. The summed E-state index contributed by atoms with van der Waals surface area (Å²) in [5, 5.41) is 3.68. The van der Waals surface area contributed by atoms with E-state index in [4.69, 9.17) is 16.3 Å². The van der Waals surface area contributed by atoms with E-state index in [9.17, 15) is 0 Å². The molecule has 1 unspecified atom stereocenters. The van der Waals surface area contributed by atoms with Gasteiger partial charge in [-0.2, -0.15) is 0 Å². The quantitative estimate of drug-likeness (QED) is 0.908. The van der Waals surface area contributed by atoms with Gasteiger partial charge in [0.25, 0.3) is 0 Å². The zero-order valence-electron chi connectivity index (χ0n) is 10.2. The Bertz CT molecular complexity index is 524. The second-order valence-corrected chi connectivity index (χ2v) is 4.37. The van der Waals surface area contributed by atoms with Gasteiger partial charge in [-0.15, -0.1) is 0 Å². The van der Waals surface area contributed by atoms with Crippen LogP contribution < -0.4 is 10.1 Å². The van der Waals surface area contributed by atoms with Crippen molar-refractivity contribution in [2.45, 2.75) is 19.4 Å². The van der Waals surface area contributed by atoms with Crippen LogP contribution in [0.15, 0.2) is 18.3 Å². The number of methoxy groups -OCH3 is 1. The van der Waals surface area contributed by atoms with E-state index < -0.39 is 0 Å². The van der Waals surface area contributed by atoms with Crippen molar-refractivity contribution in [2.75, 3.05) is 14.2 Å². The number of fused-ring (bicyclic) bond motifs is 1. The lowest BCUT2D eigenvalue weighted by Gasteiger charge is -2.09. The highest BCUT2D eigenvalue weighted by Crippen LogP contribution is 2.27. The monoisotopic (exact) mass is 253 g/mol. The summed E-state index contributed by atoms with van der Waals surface area (Å²) in [7, 11) is 3.57. The predicted octanol–water partition coefficient (Wildman–Crippen LogP) is 2.15. The maximum absolute atomic E-state index is 6.16. The van der Waals surface area contributed by atoms with Crippen molar-refractivity contribution in [2.24, 2.45) is 0 Å². The Morgan fingerprint density at radius 3 is 3.00 bits per heavy atom. The molecule has 2 rings (SSSR count). The van der Waals surface area contributed by atoms with Crippen molar-refractivity contribution in [3.63, 3.8) is 0 Å². The number of ether oxygens (including phenoxy) is 1. The van der Waals surface area contributed by atoms with E-state index in [2.05, 4.69) is 17.2 Å². The summed E-state index contributed by atoms with van der Waals surface area (Å²) in [5.74, 6) is 1.68. The second-order valence-electron chi connectivity index (χ2n) is 4.01. The van der Waals surface area contributed by atoms with Crippen LogP contribution in [0.25, 0.3) is 5.52 Å². The number of pyridine rings is 1. The minimum atomic E-state index is 0.350. The van der Waals surface area contributed by atoms with Gasteiger partial charge in [0, 0.05) is 18.7 Å². The van der Waals surface area contributed by atoms with Crippen LogP contribution in [0.3, 0.4) is 0 Å². The van der Waals surface area contributed by atoms with E-state index in [1.807, 2.05) is 29.8 Å². The summed E-state index contributed by atoms with van der Waals surface area (Å²) in [6.07, 6.45) is 2.77. The van der Waals surface area contributed by atoms with Gasteiger partial charge in [0.15, 0.2) is 5.15 Å². The number of likely N-dealkylation sites (N-methyl/N-ethyl adjacent to an activating group) is 1. The van der Waals surface area contributed by atoms with Gasteiger partial charge < -0.3 is 10.1 Å². The van der Waals surface area contributed by atoms with Crippen LogP contribution in [0.1, 0.15) is 12.7 Å². The third kappa shape index (κ3) is 2.23. The summed E-state index contributed by atoms with van der Waals surface area (Å²) in [6, 6.07) is 4.16. The van der Waals surface area contributed by atoms with Crippen molar-refractivity contribution >= 4 is 17.1 Å². The van der Waals surface area contributed by atoms with Crippen LogP contribution in [-0.4, -0.2) is 29.6 Å². The molecule has 1 N–H and O–H groups in total. The van der Waals surface area contributed by atoms with Crippen LogP contribution in [0.2, 0.25) is 5.15 Å². The van der Waals surface area contributed by atoms with E-state index in [1.165, 1.54) is 0 Å². The number of hydrogen-bond donors (Lipinski definition) is 1. The molecule has 5 heteroatoms. The lowest BCUT2D eigenvalue weighted by Crippen LogP contribution is -2.24. The first-order valence-electron chi connectivity index (χ1n) is 5.54. The van der Waals surface area contributed by atoms with E-state index in [-0.39, 0.29) is 0 Å². The zero-order valence-corrected chi connectivity index (χ0v) is 11.0. The Balaban J connectivity index is 2.52. The normalized spacial score (nSPS) is 12.9. The minimum Gasteiger partial charge on any atom is -0.494 e. The van der Waals surface area contributed by atoms with Crippen LogP contribution in [0, 0.1) is 0 Å². The Labute approximate surface area is 106 Å². The molecule has 2 heterocycles. The molecule has 0 radical (unpaired) electrons. The van der Waals surface area contributed by atoms with Gasteiger partial charge in [0.05, 0.1) is 7.11 Å². The number of imidazole rings is 1. The fourth-order valence-corrected chi connectivity index (χ4v) is 2.09. The molecule has 2 aromatic heterocycles. The fourth-order valence-electron chi connectivity index (χ4n) is 1.81. The number of rotatable bonds is 4. The van der Waals surface area contributed by atoms with Crippen LogP contribution in [0.5, 0.6) is 5.75 Å². The average molecular weight is 254 g/mol. The summed E-state index contributed by atoms with van der Waals surface area (Å²) in [5.41, 5.74) is 0.829. The first-order chi connectivity index (χ1) is 8.17. The molecule has 0 spiro atoms. The lowest BCUT2D eigenvalue weighted by molar-refractivity contribution is 0.418. The van der Waals surface area contributed by atoms with Crippen LogP contribution in [-0.2, 0) is 6.42 Å². The Morgan fingerprint density at radius 1 is 1.59 bits per heavy atom. The molecule has 0 saturated carbocycles. The topological polar surface area (TPSA) is 38.6 Å². The maximum atomic E-state index is 6.16. The first-order valence-corrected chi connectivity index (χ1v) is 5.92. The van der Waals surface area contributed by atoms with Crippen molar-refractivity contribution in [3.05, 3.63) is 29.3 Å². The Hall–Kier alpha value is -1.26. The lowest BCUT2D eigenvalue weighted by atomic mass is 10.2. The molecule has 0 saturated heterocycles. The van der Waals surface area contributed by atoms with E-state index >= 15 is 0 Å². The summed E-state index contributed by atoms with van der Waals surface area (Å²) < 4.78 is 7.27. The predicted molar refractivity (Wildman–Crippen MR) is 69.0 cm³/mol. The zero-order chi connectivity index (χ0) is 12.4. The first kappa shape index (κ1) is 12.2. The number of hydrogen-bond acceptors (Lipinski definition) is 3. The van der Waals surface area contributed by atoms with Gasteiger partial charge in [-0.05, 0) is 26.1 Å². The van der Waals surface area contributed by atoms with Crippen molar-refractivity contribution in [1.29, 1.82) is 0 Å². The summed E-state index contributed by atoms with van der Waals surface area (Å²) >= 11 is 6.16. The van der Waals surface area contributed by atoms with Gasteiger partial charge in [-0.3, -0.25) is 4.40 Å². The molecule has 0 fully saturated rings. The fraction of sp³-hybridized carbons (Fsp3) is 0.417. The highest BCUT2D eigenvalue weighted by molar-refractivity contribution is 6.33. The Kier molecular flexibility index (Phi) is 3.54. The van der Waals surface area contributed by atoms with E-state index in [1.54, 1.807) is 7.11 Å². The second kappa shape index (κ2) is 4.94. The summed E-state index contributed by atoms with van der Waals surface area (Å²) in [4.78, 5) is 4.39. The molecule has 0 aliphatic carbocycles. The van der Waals surface area contributed by atoms with Gasteiger partial charge in [-0.1, -0.05) is 11.6 Å². The third-order valence-electron chi connectivity index (χ3n) is 2.86. The smallest absolute Gasteiger partial charge is 0.158 e. The number of nitrogens with one attached hydrogen (secondary N) is 1. The molecule has 0 aromatic carbocycles. The molecule has 1 atom stereocenters.